The molecule has 1 aromatic carbocycles. The number of hydrogen-bond acceptors (Lipinski definition) is 2. The second-order valence-electron chi connectivity index (χ2n) is 5.34. The van der Waals surface area contributed by atoms with Gasteiger partial charge in [0.1, 0.15) is 5.82 Å². The molecule has 0 spiro atoms. The number of nitrogens with one attached hydrogen (secondary N) is 1. The smallest absolute Gasteiger partial charge is 0.123 e. The van der Waals surface area contributed by atoms with Crippen LogP contribution in [0.25, 0.3) is 0 Å². The van der Waals surface area contributed by atoms with E-state index in [0.717, 1.165) is 42.4 Å². The van der Waals surface area contributed by atoms with Gasteiger partial charge in [0.05, 0.1) is 0 Å². The summed E-state index contributed by atoms with van der Waals surface area (Å²) >= 11 is 5.29. The molecule has 0 radical (unpaired) electrons. The van der Waals surface area contributed by atoms with Crippen LogP contribution in [0.3, 0.4) is 0 Å². The Kier molecular flexibility index (Phi) is 6.87. The zero-order chi connectivity index (χ0) is 15.1. The van der Waals surface area contributed by atoms with Gasteiger partial charge in [0.25, 0.3) is 0 Å². The summed E-state index contributed by atoms with van der Waals surface area (Å²) in [7, 11) is 0. The van der Waals surface area contributed by atoms with E-state index in [9.17, 15) is 4.39 Å². The number of halogens is 2. The van der Waals surface area contributed by atoms with Gasteiger partial charge in [-0.1, -0.05) is 19.1 Å². The van der Waals surface area contributed by atoms with Crippen molar-refractivity contribution in [3.05, 3.63) is 56.4 Å². The molecule has 0 aliphatic heterocycles. The van der Waals surface area contributed by atoms with Crippen molar-refractivity contribution in [2.24, 2.45) is 5.92 Å². The van der Waals surface area contributed by atoms with Crippen LogP contribution in [0.5, 0.6) is 0 Å². The molecule has 21 heavy (non-hydrogen) atoms. The maximum Gasteiger partial charge on any atom is 0.123 e. The normalized spacial score (nSPS) is 12.5. The molecule has 0 fully saturated rings. The molecule has 4 heteroatoms. The Bertz CT molecular complexity index is 555. The third-order valence-electron chi connectivity index (χ3n) is 3.38. The first-order valence-corrected chi connectivity index (χ1v) is 9.02. The zero-order valence-corrected chi connectivity index (χ0v) is 14.6. The van der Waals surface area contributed by atoms with Gasteiger partial charge in [-0.25, -0.2) is 4.39 Å². The van der Waals surface area contributed by atoms with Gasteiger partial charge < -0.3 is 5.32 Å². The lowest BCUT2D eigenvalue weighted by Crippen LogP contribution is -2.26. The highest BCUT2D eigenvalue weighted by atomic mass is 79.9. The Morgan fingerprint density at radius 2 is 2.14 bits per heavy atom. The molecule has 0 aliphatic rings. The molecule has 0 saturated carbocycles. The quantitative estimate of drug-likeness (QED) is 0.641. The fraction of sp³-hybridized carbons (Fsp3) is 0.412. The van der Waals surface area contributed by atoms with E-state index < -0.39 is 0 Å². The van der Waals surface area contributed by atoms with E-state index in [0.29, 0.717) is 5.92 Å². The Labute approximate surface area is 138 Å². The second kappa shape index (κ2) is 8.66. The summed E-state index contributed by atoms with van der Waals surface area (Å²) in [4.78, 5) is 1.38. The van der Waals surface area contributed by atoms with Gasteiger partial charge >= 0.3 is 0 Å². The van der Waals surface area contributed by atoms with E-state index in [4.69, 9.17) is 0 Å². The second-order valence-corrected chi connectivity index (χ2v) is 7.25. The SMILES string of the molecule is CCCNCC(Cc1cccc(F)c1)Cc1cc(Br)cs1. The van der Waals surface area contributed by atoms with Crippen LogP contribution < -0.4 is 5.32 Å². The maximum atomic E-state index is 13.3. The number of rotatable bonds is 8. The molecule has 2 rings (SSSR count). The summed E-state index contributed by atoms with van der Waals surface area (Å²) in [6.45, 7) is 4.18. The molecule has 0 amide bonds. The lowest BCUT2D eigenvalue weighted by Gasteiger charge is -2.17. The van der Waals surface area contributed by atoms with Crippen LogP contribution in [0.15, 0.2) is 40.2 Å². The third-order valence-corrected chi connectivity index (χ3v) is 5.10. The van der Waals surface area contributed by atoms with E-state index >= 15 is 0 Å². The average molecular weight is 370 g/mol. The molecule has 1 aromatic heterocycles. The van der Waals surface area contributed by atoms with Gasteiger partial charge in [-0.2, -0.15) is 0 Å². The van der Waals surface area contributed by atoms with Crippen molar-refractivity contribution in [3.63, 3.8) is 0 Å². The van der Waals surface area contributed by atoms with Crippen LogP contribution >= 0.6 is 27.3 Å². The van der Waals surface area contributed by atoms with Crippen LogP contribution in [0.2, 0.25) is 0 Å². The topological polar surface area (TPSA) is 12.0 Å². The van der Waals surface area contributed by atoms with Gasteiger partial charge in [0.2, 0.25) is 0 Å². The summed E-state index contributed by atoms with van der Waals surface area (Å²) < 4.78 is 14.5. The third kappa shape index (κ3) is 5.89. The summed E-state index contributed by atoms with van der Waals surface area (Å²) in [5.41, 5.74) is 1.08. The van der Waals surface area contributed by atoms with E-state index in [-0.39, 0.29) is 5.82 Å². The molecule has 114 valence electrons. The van der Waals surface area contributed by atoms with E-state index in [1.165, 1.54) is 10.9 Å². The zero-order valence-electron chi connectivity index (χ0n) is 12.2. The van der Waals surface area contributed by atoms with Gasteiger partial charge in [-0.15, -0.1) is 11.3 Å². The van der Waals surface area contributed by atoms with Crippen LogP contribution in [-0.2, 0) is 12.8 Å². The molecule has 2 aromatic rings. The first kappa shape index (κ1) is 16.7. The van der Waals surface area contributed by atoms with E-state index in [1.807, 2.05) is 6.07 Å². The minimum atomic E-state index is -0.147. The highest BCUT2D eigenvalue weighted by Crippen LogP contribution is 2.24. The fourth-order valence-corrected chi connectivity index (χ4v) is 4.01. The summed E-state index contributed by atoms with van der Waals surface area (Å²) in [5, 5.41) is 5.62. The highest BCUT2D eigenvalue weighted by Gasteiger charge is 2.12. The molecule has 1 unspecified atom stereocenters. The van der Waals surface area contributed by atoms with Gasteiger partial charge in [-0.05, 0) is 78.0 Å². The highest BCUT2D eigenvalue weighted by molar-refractivity contribution is 9.10. The molecule has 0 aliphatic carbocycles. The predicted molar refractivity (Wildman–Crippen MR) is 92.5 cm³/mol. The number of hydrogen-bond donors (Lipinski definition) is 1. The van der Waals surface area contributed by atoms with Crippen LogP contribution in [0.1, 0.15) is 23.8 Å². The molecule has 1 N–H and O–H groups in total. The van der Waals surface area contributed by atoms with Gasteiger partial charge in [0.15, 0.2) is 0 Å². The minimum Gasteiger partial charge on any atom is -0.316 e. The molecular formula is C17H21BrFNS. The molecule has 1 heterocycles. The molecule has 1 nitrogen and oxygen atoms in total. The Hall–Kier alpha value is -0.710. The average Bonchev–Trinajstić information content (AvgIpc) is 2.84. The van der Waals surface area contributed by atoms with Crippen LogP contribution in [0.4, 0.5) is 4.39 Å². The predicted octanol–water partition coefficient (Wildman–Crippen LogP) is 5.05. The monoisotopic (exact) mass is 369 g/mol. The van der Waals surface area contributed by atoms with Crippen LogP contribution in [0, 0.1) is 11.7 Å². The molecule has 0 saturated heterocycles. The van der Waals surface area contributed by atoms with Gasteiger partial charge in [0, 0.05) is 14.7 Å². The minimum absolute atomic E-state index is 0.147. The maximum absolute atomic E-state index is 13.3. The lowest BCUT2D eigenvalue weighted by atomic mass is 9.95. The van der Waals surface area contributed by atoms with Gasteiger partial charge in [-0.3, -0.25) is 0 Å². The van der Waals surface area contributed by atoms with E-state index in [1.54, 1.807) is 23.5 Å². The van der Waals surface area contributed by atoms with Crippen molar-refractivity contribution in [1.82, 2.24) is 5.32 Å². The summed E-state index contributed by atoms with van der Waals surface area (Å²) in [6, 6.07) is 9.15. The summed E-state index contributed by atoms with van der Waals surface area (Å²) in [6.07, 6.45) is 3.07. The van der Waals surface area contributed by atoms with Crippen molar-refractivity contribution in [2.45, 2.75) is 26.2 Å². The lowest BCUT2D eigenvalue weighted by molar-refractivity contribution is 0.472. The first-order valence-electron chi connectivity index (χ1n) is 7.35. The molecular weight excluding hydrogens is 349 g/mol. The summed E-state index contributed by atoms with van der Waals surface area (Å²) in [5.74, 6) is 0.343. The van der Waals surface area contributed by atoms with E-state index in [2.05, 4.69) is 39.6 Å². The molecule has 1 atom stereocenters. The Morgan fingerprint density at radius 1 is 1.29 bits per heavy atom. The number of thiophene rings is 1. The van der Waals surface area contributed by atoms with Crippen molar-refractivity contribution in [2.75, 3.05) is 13.1 Å². The number of benzene rings is 1. The first-order chi connectivity index (χ1) is 10.2. The largest absolute Gasteiger partial charge is 0.316 e. The molecule has 0 bridgehead atoms. The Balaban J connectivity index is 2.00. The van der Waals surface area contributed by atoms with Crippen molar-refractivity contribution < 1.29 is 4.39 Å². The Morgan fingerprint density at radius 3 is 2.81 bits per heavy atom. The standard InChI is InChI=1S/C17H21BrFNS/c1-2-6-20-11-14(9-17-10-15(18)12-21-17)7-13-4-3-5-16(19)8-13/h3-5,8,10,12,14,20H,2,6-7,9,11H2,1H3. The van der Waals surface area contributed by atoms with Crippen molar-refractivity contribution in [3.8, 4) is 0 Å². The van der Waals surface area contributed by atoms with Crippen molar-refractivity contribution in [1.29, 1.82) is 0 Å². The fourth-order valence-electron chi connectivity index (χ4n) is 2.44. The van der Waals surface area contributed by atoms with Crippen LogP contribution in [-0.4, -0.2) is 13.1 Å². The van der Waals surface area contributed by atoms with Crippen molar-refractivity contribution >= 4 is 27.3 Å².